The van der Waals surface area contributed by atoms with E-state index in [4.69, 9.17) is 4.74 Å². The van der Waals surface area contributed by atoms with E-state index in [1.165, 1.54) is 11.4 Å². The van der Waals surface area contributed by atoms with Gasteiger partial charge < -0.3 is 9.84 Å². The second-order valence-corrected chi connectivity index (χ2v) is 9.06. The Morgan fingerprint density at radius 1 is 1.03 bits per heavy atom. The summed E-state index contributed by atoms with van der Waals surface area (Å²) in [6, 6.07) is 9.34. The van der Waals surface area contributed by atoms with Crippen LogP contribution >= 0.6 is 0 Å². The first-order valence-corrected chi connectivity index (χ1v) is 10.5. The number of benzene rings is 2. The second-order valence-electron chi connectivity index (χ2n) is 7.17. The van der Waals surface area contributed by atoms with E-state index < -0.39 is 33.4 Å². The summed E-state index contributed by atoms with van der Waals surface area (Å²) < 4.78 is 70.8. The molecule has 0 unspecified atom stereocenters. The normalized spacial score (nSPS) is 20.4. The SMILES string of the molecule is COc1ccc([C@@](C)(O)[C@@H]2CCCN2S(=O)(=O)c2ccc(C(F)(F)F)cc2)cc1. The van der Waals surface area contributed by atoms with Gasteiger partial charge in [-0.1, -0.05) is 12.1 Å². The molecule has 0 aliphatic carbocycles. The number of hydrogen-bond donors (Lipinski definition) is 1. The molecule has 0 bridgehead atoms. The van der Waals surface area contributed by atoms with Crippen LogP contribution in [0, 0.1) is 0 Å². The van der Waals surface area contributed by atoms with Crippen molar-refractivity contribution in [3.63, 3.8) is 0 Å². The second kappa shape index (κ2) is 7.62. The fourth-order valence-corrected chi connectivity index (χ4v) is 5.43. The molecule has 3 rings (SSSR count). The number of halogens is 3. The minimum Gasteiger partial charge on any atom is -0.497 e. The smallest absolute Gasteiger partial charge is 0.416 e. The van der Waals surface area contributed by atoms with Gasteiger partial charge in [-0.15, -0.1) is 0 Å². The molecule has 0 spiro atoms. The first kappa shape index (κ1) is 21.6. The van der Waals surface area contributed by atoms with Gasteiger partial charge in [-0.05, 0) is 61.7 Å². The van der Waals surface area contributed by atoms with Crippen molar-refractivity contribution in [3.05, 3.63) is 59.7 Å². The molecule has 0 aromatic heterocycles. The lowest BCUT2D eigenvalue weighted by Gasteiger charge is -2.36. The fourth-order valence-electron chi connectivity index (χ4n) is 3.66. The Balaban J connectivity index is 1.92. The summed E-state index contributed by atoms with van der Waals surface area (Å²) in [5.74, 6) is 0.602. The van der Waals surface area contributed by atoms with Crippen LogP contribution in [-0.4, -0.2) is 37.5 Å². The Bertz CT molecular complexity index is 955. The van der Waals surface area contributed by atoms with Gasteiger partial charge in [-0.3, -0.25) is 0 Å². The maximum atomic E-state index is 13.1. The number of aliphatic hydroxyl groups is 1. The molecule has 2 aromatic rings. The number of rotatable bonds is 5. The third-order valence-electron chi connectivity index (χ3n) is 5.32. The number of sulfonamides is 1. The average Bonchev–Trinajstić information content (AvgIpc) is 3.19. The lowest BCUT2D eigenvalue weighted by Crippen LogP contribution is -2.48. The van der Waals surface area contributed by atoms with E-state index in [1.54, 1.807) is 31.2 Å². The average molecular weight is 429 g/mol. The number of nitrogens with zero attached hydrogens (tertiary/aromatic N) is 1. The van der Waals surface area contributed by atoms with E-state index in [0.29, 0.717) is 24.2 Å². The summed E-state index contributed by atoms with van der Waals surface area (Å²) >= 11 is 0. The van der Waals surface area contributed by atoms with Crippen LogP contribution in [0.2, 0.25) is 0 Å². The highest BCUT2D eigenvalue weighted by Gasteiger charge is 2.46. The maximum absolute atomic E-state index is 13.1. The lowest BCUT2D eigenvalue weighted by molar-refractivity contribution is -0.137. The molecule has 0 radical (unpaired) electrons. The van der Waals surface area contributed by atoms with Gasteiger partial charge in [0.25, 0.3) is 0 Å². The fraction of sp³-hybridized carbons (Fsp3) is 0.400. The number of hydrogen-bond acceptors (Lipinski definition) is 4. The van der Waals surface area contributed by atoms with Crippen LogP contribution in [0.15, 0.2) is 53.4 Å². The van der Waals surface area contributed by atoms with Crippen LogP contribution in [0.5, 0.6) is 5.75 Å². The van der Waals surface area contributed by atoms with Crippen LogP contribution in [0.1, 0.15) is 30.9 Å². The van der Waals surface area contributed by atoms with Gasteiger partial charge in [0.2, 0.25) is 10.0 Å². The monoisotopic (exact) mass is 429 g/mol. The summed E-state index contributed by atoms with van der Waals surface area (Å²) in [6.45, 7) is 1.72. The number of ether oxygens (including phenoxy) is 1. The molecule has 1 aliphatic heterocycles. The van der Waals surface area contributed by atoms with E-state index in [2.05, 4.69) is 0 Å². The molecule has 0 saturated carbocycles. The zero-order valence-electron chi connectivity index (χ0n) is 16.0. The zero-order chi connectivity index (χ0) is 21.4. The van der Waals surface area contributed by atoms with Crippen molar-refractivity contribution < 1.29 is 31.4 Å². The minimum atomic E-state index is -4.55. The first-order valence-electron chi connectivity index (χ1n) is 9.04. The van der Waals surface area contributed by atoms with Gasteiger partial charge in [-0.2, -0.15) is 17.5 Å². The molecule has 158 valence electrons. The molecule has 2 atom stereocenters. The van der Waals surface area contributed by atoms with Gasteiger partial charge in [0, 0.05) is 6.54 Å². The quantitative estimate of drug-likeness (QED) is 0.786. The van der Waals surface area contributed by atoms with Crippen LogP contribution in [0.3, 0.4) is 0 Å². The van der Waals surface area contributed by atoms with Crippen LogP contribution in [0.4, 0.5) is 13.2 Å². The van der Waals surface area contributed by atoms with Crippen molar-refractivity contribution >= 4 is 10.0 Å². The Morgan fingerprint density at radius 3 is 2.10 bits per heavy atom. The van der Waals surface area contributed by atoms with Gasteiger partial charge >= 0.3 is 6.18 Å². The molecule has 5 nitrogen and oxygen atoms in total. The maximum Gasteiger partial charge on any atom is 0.416 e. The van der Waals surface area contributed by atoms with Crippen molar-refractivity contribution in [1.29, 1.82) is 0 Å². The topological polar surface area (TPSA) is 66.8 Å². The Hall–Kier alpha value is -2.10. The third-order valence-corrected chi connectivity index (χ3v) is 7.24. The summed E-state index contributed by atoms with van der Waals surface area (Å²) in [5, 5.41) is 11.2. The zero-order valence-corrected chi connectivity index (χ0v) is 16.8. The number of alkyl halides is 3. The largest absolute Gasteiger partial charge is 0.497 e. The Kier molecular flexibility index (Phi) is 5.68. The van der Waals surface area contributed by atoms with E-state index in [0.717, 1.165) is 24.3 Å². The van der Waals surface area contributed by atoms with Gasteiger partial charge in [0.15, 0.2) is 0 Å². The molecule has 2 aromatic carbocycles. The van der Waals surface area contributed by atoms with Gasteiger partial charge in [0.1, 0.15) is 11.4 Å². The minimum absolute atomic E-state index is 0.181. The highest BCUT2D eigenvalue weighted by atomic mass is 32.2. The van der Waals surface area contributed by atoms with Crippen molar-refractivity contribution in [2.45, 2.75) is 42.5 Å². The molecular formula is C20H22F3NO4S. The van der Waals surface area contributed by atoms with E-state index in [9.17, 15) is 26.7 Å². The molecule has 1 N–H and O–H groups in total. The summed E-state index contributed by atoms with van der Waals surface area (Å²) in [4.78, 5) is -0.233. The molecule has 0 amide bonds. The molecule has 1 fully saturated rings. The van der Waals surface area contributed by atoms with Crippen molar-refractivity contribution in [2.24, 2.45) is 0 Å². The van der Waals surface area contributed by atoms with Crippen molar-refractivity contribution in [3.8, 4) is 5.75 Å². The molecule has 1 aliphatic rings. The van der Waals surface area contributed by atoms with Crippen molar-refractivity contribution in [2.75, 3.05) is 13.7 Å². The standard InChI is InChI=1S/C20H22F3NO4S/c1-19(25,14-5-9-16(28-2)10-6-14)18-4-3-13-24(18)29(26,27)17-11-7-15(8-12-17)20(21,22)23/h5-12,18,25H,3-4,13H2,1-2H3/t18-,19+/m0/s1. The lowest BCUT2D eigenvalue weighted by atomic mass is 9.87. The summed E-state index contributed by atoms with van der Waals surface area (Å²) in [7, 11) is -2.56. The predicted octanol–water partition coefficient (Wildman–Crippen LogP) is 3.77. The Morgan fingerprint density at radius 2 is 1.59 bits per heavy atom. The first-order chi connectivity index (χ1) is 13.5. The molecule has 1 heterocycles. The molecule has 1 saturated heterocycles. The summed E-state index contributed by atoms with van der Waals surface area (Å²) in [6.07, 6.45) is -3.58. The van der Waals surface area contributed by atoms with Gasteiger partial charge in [-0.25, -0.2) is 8.42 Å². The van der Waals surface area contributed by atoms with Crippen molar-refractivity contribution in [1.82, 2.24) is 4.31 Å². The highest BCUT2D eigenvalue weighted by Crippen LogP contribution is 2.38. The van der Waals surface area contributed by atoms with Crippen LogP contribution in [-0.2, 0) is 21.8 Å². The van der Waals surface area contributed by atoms with E-state index in [-0.39, 0.29) is 11.4 Å². The van der Waals surface area contributed by atoms with E-state index in [1.807, 2.05) is 0 Å². The van der Waals surface area contributed by atoms with E-state index >= 15 is 0 Å². The molecular weight excluding hydrogens is 407 g/mol. The number of methoxy groups -OCH3 is 1. The molecule has 29 heavy (non-hydrogen) atoms. The Labute approximate surface area is 167 Å². The molecule has 9 heteroatoms. The summed E-state index contributed by atoms with van der Waals surface area (Å²) in [5.41, 5.74) is -1.88. The van der Waals surface area contributed by atoms with Gasteiger partial charge in [0.05, 0.1) is 23.6 Å². The third kappa shape index (κ3) is 4.12. The highest BCUT2D eigenvalue weighted by molar-refractivity contribution is 7.89. The van der Waals surface area contributed by atoms with Crippen LogP contribution in [0.25, 0.3) is 0 Å². The predicted molar refractivity (Wildman–Crippen MR) is 101 cm³/mol. The van der Waals surface area contributed by atoms with Crippen LogP contribution < -0.4 is 4.74 Å².